The van der Waals surface area contributed by atoms with Gasteiger partial charge in [0.2, 0.25) is 0 Å². The zero-order valence-corrected chi connectivity index (χ0v) is 9.19. The lowest BCUT2D eigenvalue weighted by atomic mass is 10.3. The van der Waals surface area contributed by atoms with Crippen LogP contribution in [0.1, 0.15) is 18.9 Å². The van der Waals surface area contributed by atoms with Crippen molar-refractivity contribution in [1.29, 1.82) is 0 Å². The van der Waals surface area contributed by atoms with Gasteiger partial charge in [-0.2, -0.15) is 0 Å². The summed E-state index contributed by atoms with van der Waals surface area (Å²) in [5.41, 5.74) is 1.10. The molecule has 1 aromatic rings. The number of hydrogen-bond acceptors (Lipinski definition) is 2. The molecule has 68 valence electrons. The highest BCUT2D eigenvalue weighted by Gasteiger charge is 2.04. The second kappa shape index (κ2) is 5.07. The van der Waals surface area contributed by atoms with Crippen LogP contribution in [-0.2, 0) is 6.54 Å². The molecule has 0 amide bonds. The summed E-state index contributed by atoms with van der Waals surface area (Å²) in [6, 6.07) is 1.91. The maximum atomic E-state index is 5.92. The molecule has 1 nitrogen and oxygen atoms in total. The minimum absolute atomic E-state index is 0.758. The molecule has 0 fully saturated rings. The van der Waals surface area contributed by atoms with Gasteiger partial charge in [-0.15, -0.1) is 11.3 Å². The van der Waals surface area contributed by atoms with Crippen molar-refractivity contribution in [2.75, 3.05) is 6.54 Å². The molecule has 4 heteroatoms. The summed E-state index contributed by atoms with van der Waals surface area (Å²) >= 11 is 13.1. The smallest absolute Gasteiger partial charge is 0.0989 e. The van der Waals surface area contributed by atoms with Crippen molar-refractivity contribution in [2.45, 2.75) is 19.9 Å². The van der Waals surface area contributed by atoms with Gasteiger partial charge in [-0.05, 0) is 24.6 Å². The van der Waals surface area contributed by atoms with Crippen LogP contribution in [0.15, 0.2) is 6.07 Å². The standard InChI is InChI=1S/C8H11Cl2NS/c1-2-3-11-5-6-4-7(9)12-8(6)10/h4,11H,2-3,5H2,1H3. The third-order valence-electron chi connectivity index (χ3n) is 1.47. The summed E-state index contributed by atoms with van der Waals surface area (Å²) in [5, 5.41) is 3.27. The number of rotatable bonds is 4. The summed E-state index contributed by atoms with van der Waals surface area (Å²) < 4.78 is 1.55. The maximum absolute atomic E-state index is 5.92. The number of thiophene rings is 1. The first-order valence-electron chi connectivity index (χ1n) is 3.88. The van der Waals surface area contributed by atoms with E-state index in [1.54, 1.807) is 0 Å². The first-order chi connectivity index (χ1) is 5.74. The average Bonchev–Trinajstić information content (AvgIpc) is 2.31. The molecule has 1 rings (SSSR count). The van der Waals surface area contributed by atoms with Gasteiger partial charge in [-0.25, -0.2) is 0 Å². The van der Waals surface area contributed by atoms with Gasteiger partial charge in [-0.1, -0.05) is 30.1 Å². The fourth-order valence-electron chi connectivity index (χ4n) is 0.895. The Hall–Kier alpha value is 0.240. The Balaban J connectivity index is 2.45. The molecule has 1 heterocycles. The molecule has 0 aliphatic carbocycles. The summed E-state index contributed by atoms with van der Waals surface area (Å²) in [6.45, 7) is 3.97. The Morgan fingerprint density at radius 1 is 1.50 bits per heavy atom. The predicted octanol–water partition coefficient (Wildman–Crippen LogP) is 3.55. The molecule has 1 N–H and O–H groups in total. The second-order valence-electron chi connectivity index (χ2n) is 2.53. The van der Waals surface area contributed by atoms with Crippen LogP contribution in [0.3, 0.4) is 0 Å². The lowest BCUT2D eigenvalue weighted by Crippen LogP contribution is -2.13. The fourth-order valence-corrected chi connectivity index (χ4v) is 2.38. The highest BCUT2D eigenvalue weighted by molar-refractivity contribution is 7.20. The van der Waals surface area contributed by atoms with E-state index in [2.05, 4.69) is 12.2 Å². The Bertz CT molecular complexity index is 247. The maximum Gasteiger partial charge on any atom is 0.0989 e. The van der Waals surface area contributed by atoms with Crippen molar-refractivity contribution < 1.29 is 0 Å². The van der Waals surface area contributed by atoms with Gasteiger partial charge in [0, 0.05) is 6.54 Å². The molecule has 0 aromatic carbocycles. The van der Waals surface area contributed by atoms with Crippen LogP contribution in [0, 0.1) is 0 Å². The minimum Gasteiger partial charge on any atom is -0.313 e. The van der Waals surface area contributed by atoms with Crippen LogP contribution >= 0.6 is 34.5 Å². The van der Waals surface area contributed by atoms with E-state index in [0.717, 1.165) is 33.7 Å². The molecule has 0 bridgehead atoms. The molecular weight excluding hydrogens is 213 g/mol. The van der Waals surface area contributed by atoms with Gasteiger partial charge >= 0.3 is 0 Å². The molecule has 0 atom stereocenters. The molecule has 0 unspecified atom stereocenters. The topological polar surface area (TPSA) is 12.0 Å². The van der Waals surface area contributed by atoms with Crippen LogP contribution in [0.4, 0.5) is 0 Å². The van der Waals surface area contributed by atoms with E-state index in [0.29, 0.717) is 0 Å². The van der Waals surface area contributed by atoms with Crippen LogP contribution < -0.4 is 5.32 Å². The van der Waals surface area contributed by atoms with E-state index in [1.807, 2.05) is 6.07 Å². The van der Waals surface area contributed by atoms with E-state index in [1.165, 1.54) is 11.3 Å². The Labute approximate surface area is 86.7 Å². The van der Waals surface area contributed by atoms with Crippen LogP contribution in [-0.4, -0.2) is 6.54 Å². The lowest BCUT2D eigenvalue weighted by molar-refractivity contribution is 0.677. The summed E-state index contributed by atoms with van der Waals surface area (Å²) in [4.78, 5) is 0. The van der Waals surface area contributed by atoms with Gasteiger partial charge < -0.3 is 5.32 Å². The van der Waals surface area contributed by atoms with Crippen molar-refractivity contribution in [1.82, 2.24) is 5.32 Å². The average molecular weight is 224 g/mol. The first kappa shape index (κ1) is 10.3. The Kier molecular flexibility index (Phi) is 4.36. The molecule has 0 aliphatic heterocycles. The minimum atomic E-state index is 0.758. The van der Waals surface area contributed by atoms with Gasteiger partial charge in [-0.3, -0.25) is 0 Å². The van der Waals surface area contributed by atoms with Crippen molar-refractivity contribution in [3.8, 4) is 0 Å². The third-order valence-corrected chi connectivity index (χ3v) is 3.04. The van der Waals surface area contributed by atoms with Crippen LogP contribution in [0.25, 0.3) is 0 Å². The molecule has 12 heavy (non-hydrogen) atoms. The summed E-state index contributed by atoms with van der Waals surface area (Å²) in [5.74, 6) is 0. The largest absolute Gasteiger partial charge is 0.313 e. The molecule has 0 saturated carbocycles. The molecular formula is C8H11Cl2NS. The number of hydrogen-bond donors (Lipinski definition) is 1. The molecule has 0 radical (unpaired) electrons. The molecule has 0 aliphatic rings. The SMILES string of the molecule is CCCNCc1cc(Cl)sc1Cl. The normalized spacial score (nSPS) is 10.6. The highest BCUT2D eigenvalue weighted by Crippen LogP contribution is 2.30. The zero-order chi connectivity index (χ0) is 8.97. The molecule has 0 saturated heterocycles. The van der Waals surface area contributed by atoms with E-state index in [4.69, 9.17) is 23.2 Å². The van der Waals surface area contributed by atoms with Crippen LogP contribution in [0.2, 0.25) is 8.67 Å². The van der Waals surface area contributed by atoms with Gasteiger partial charge in [0.1, 0.15) is 0 Å². The fraction of sp³-hybridized carbons (Fsp3) is 0.500. The molecule has 1 aromatic heterocycles. The van der Waals surface area contributed by atoms with Gasteiger partial charge in [0.25, 0.3) is 0 Å². The monoisotopic (exact) mass is 223 g/mol. The lowest BCUT2D eigenvalue weighted by Gasteiger charge is -1.99. The Morgan fingerprint density at radius 3 is 2.75 bits per heavy atom. The quantitative estimate of drug-likeness (QED) is 0.771. The van der Waals surface area contributed by atoms with Crippen molar-refractivity contribution in [3.63, 3.8) is 0 Å². The van der Waals surface area contributed by atoms with E-state index in [9.17, 15) is 0 Å². The predicted molar refractivity (Wildman–Crippen MR) is 56.3 cm³/mol. The third kappa shape index (κ3) is 2.94. The zero-order valence-electron chi connectivity index (χ0n) is 6.86. The second-order valence-corrected chi connectivity index (χ2v) is 4.81. The van der Waals surface area contributed by atoms with Crippen LogP contribution in [0.5, 0.6) is 0 Å². The van der Waals surface area contributed by atoms with Crippen molar-refractivity contribution in [3.05, 3.63) is 20.3 Å². The van der Waals surface area contributed by atoms with Gasteiger partial charge in [0.15, 0.2) is 0 Å². The summed E-state index contributed by atoms with van der Waals surface area (Å²) in [7, 11) is 0. The van der Waals surface area contributed by atoms with Gasteiger partial charge in [0.05, 0.1) is 8.67 Å². The number of nitrogens with one attached hydrogen (secondary N) is 1. The summed E-state index contributed by atoms with van der Waals surface area (Å²) in [6.07, 6.45) is 1.13. The van der Waals surface area contributed by atoms with E-state index in [-0.39, 0.29) is 0 Å². The van der Waals surface area contributed by atoms with E-state index < -0.39 is 0 Å². The first-order valence-corrected chi connectivity index (χ1v) is 5.45. The van der Waals surface area contributed by atoms with Crippen molar-refractivity contribution >= 4 is 34.5 Å². The van der Waals surface area contributed by atoms with Crippen molar-refractivity contribution in [2.24, 2.45) is 0 Å². The van der Waals surface area contributed by atoms with E-state index >= 15 is 0 Å². The number of halogens is 2. The molecule has 0 spiro atoms. The Morgan fingerprint density at radius 2 is 2.25 bits per heavy atom. The highest BCUT2D eigenvalue weighted by atomic mass is 35.5.